The van der Waals surface area contributed by atoms with Gasteiger partial charge in [-0.05, 0) is 0 Å². The van der Waals surface area contributed by atoms with Crippen LogP contribution in [0.15, 0.2) is 17.1 Å². The van der Waals surface area contributed by atoms with Gasteiger partial charge in [0.05, 0.1) is 0 Å². The third-order valence-electron chi connectivity index (χ3n) is 1.55. The zero-order chi connectivity index (χ0) is 8.55. The van der Waals surface area contributed by atoms with Crippen LogP contribution in [-0.4, -0.2) is 15.5 Å². The van der Waals surface area contributed by atoms with Crippen molar-refractivity contribution in [1.82, 2.24) is 15.0 Å². The second-order valence-corrected chi connectivity index (χ2v) is 2.37. The predicted octanol–water partition coefficient (Wildman–Crippen LogP) is -1.30. The molecule has 62 valence electrons. The first-order chi connectivity index (χ1) is 5.77. The van der Waals surface area contributed by atoms with E-state index in [9.17, 15) is 9.59 Å². The molecule has 1 aromatic heterocycles. The standard InChI is InChI=1S/C6H6N4O2/c11-4-3-10-5(12)1-2-7-6(10)9-8-4/h1-2H,3H2,(H,7,9)(H,8,11). The minimum Gasteiger partial charge on any atom is -0.271 e. The number of hydrogen-bond donors (Lipinski definition) is 2. The lowest BCUT2D eigenvalue weighted by Crippen LogP contribution is -2.43. The van der Waals surface area contributed by atoms with Crippen LogP contribution in [0.5, 0.6) is 0 Å². The fourth-order valence-corrected chi connectivity index (χ4v) is 0.997. The van der Waals surface area contributed by atoms with Crippen LogP contribution in [0.3, 0.4) is 0 Å². The van der Waals surface area contributed by atoms with Gasteiger partial charge >= 0.3 is 0 Å². The Morgan fingerprint density at radius 1 is 1.42 bits per heavy atom. The molecular weight excluding hydrogens is 160 g/mol. The van der Waals surface area contributed by atoms with Crippen molar-refractivity contribution in [2.24, 2.45) is 0 Å². The van der Waals surface area contributed by atoms with Crippen LogP contribution in [0.2, 0.25) is 0 Å². The lowest BCUT2D eigenvalue weighted by Gasteiger charge is -2.17. The number of carbonyl (C=O) groups excluding carboxylic acids is 1. The summed E-state index contributed by atoms with van der Waals surface area (Å²) in [6.07, 6.45) is 1.39. The summed E-state index contributed by atoms with van der Waals surface area (Å²) < 4.78 is 1.26. The van der Waals surface area contributed by atoms with Gasteiger partial charge < -0.3 is 0 Å². The van der Waals surface area contributed by atoms with Gasteiger partial charge in [-0.2, -0.15) is 0 Å². The van der Waals surface area contributed by atoms with Gasteiger partial charge in [-0.15, -0.1) is 0 Å². The van der Waals surface area contributed by atoms with Crippen LogP contribution in [0.25, 0.3) is 0 Å². The van der Waals surface area contributed by atoms with E-state index in [-0.39, 0.29) is 18.0 Å². The number of carbonyl (C=O) groups is 1. The van der Waals surface area contributed by atoms with Crippen molar-refractivity contribution < 1.29 is 4.79 Å². The Hall–Kier alpha value is -1.85. The largest absolute Gasteiger partial charge is 0.271 e. The molecule has 1 aliphatic rings. The molecule has 1 aromatic rings. The van der Waals surface area contributed by atoms with Crippen LogP contribution >= 0.6 is 0 Å². The van der Waals surface area contributed by atoms with Gasteiger partial charge in [0.1, 0.15) is 6.54 Å². The molecule has 0 spiro atoms. The monoisotopic (exact) mass is 166 g/mol. The number of nitrogens with one attached hydrogen (secondary N) is 2. The lowest BCUT2D eigenvalue weighted by molar-refractivity contribution is -0.121. The van der Waals surface area contributed by atoms with Gasteiger partial charge in [-0.3, -0.25) is 25.0 Å². The van der Waals surface area contributed by atoms with E-state index in [1.807, 2.05) is 0 Å². The third-order valence-corrected chi connectivity index (χ3v) is 1.55. The normalized spacial score (nSPS) is 14.5. The number of nitrogens with zero attached hydrogens (tertiary/aromatic N) is 2. The van der Waals surface area contributed by atoms with Crippen molar-refractivity contribution in [3.8, 4) is 0 Å². The van der Waals surface area contributed by atoms with Crippen LogP contribution in [0, 0.1) is 0 Å². The van der Waals surface area contributed by atoms with E-state index in [1.54, 1.807) is 0 Å². The van der Waals surface area contributed by atoms with E-state index in [0.717, 1.165) is 0 Å². The Morgan fingerprint density at radius 2 is 2.25 bits per heavy atom. The number of aromatic nitrogens is 2. The number of hydrazine groups is 1. The molecule has 0 unspecified atom stereocenters. The molecule has 1 aliphatic heterocycles. The van der Waals surface area contributed by atoms with Crippen LogP contribution < -0.4 is 16.4 Å². The summed E-state index contributed by atoms with van der Waals surface area (Å²) in [7, 11) is 0. The minimum absolute atomic E-state index is 0.0228. The Kier molecular flexibility index (Phi) is 1.33. The molecule has 0 aromatic carbocycles. The quantitative estimate of drug-likeness (QED) is 0.502. The molecule has 0 aliphatic carbocycles. The zero-order valence-electron chi connectivity index (χ0n) is 6.07. The molecule has 0 bridgehead atoms. The highest BCUT2D eigenvalue weighted by Crippen LogP contribution is 2.00. The summed E-state index contributed by atoms with van der Waals surface area (Å²) in [5, 5.41) is 0. The molecule has 2 heterocycles. The molecule has 0 saturated carbocycles. The second kappa shape index (κ2) is 2.33. The van der Waals surface area contributed by atoms with Gasteiger partial charge in [0.15, 0.2) is 0 Å². The number of anilines is 1. The molecule has 1 amide bonds. The number of fused-ring (bicyclic) bond motifs is 1. The van der Waals surface area contributed by atoms with E-state index in [0.29, 0.717) is 5.95 Å². The average molecular weight is 166 g/mol. The molecule has 0 atom stereocenters. The van der Waals surface area contributed by atoms with Crippen molar-refractivity contribution in [3.05, 3.63) is 22.6 Å². The zero-order valence-corrected chi connectivity index (χ0v) is 6.07. The van der Waals surface area contributed by atoms with Crippen molar-refractivity contribution in [2.45, 2.75) is 6.54 Å². The smallest absolute Gasteiger partial charge is 0.258 e. The van der Waals surface area contributed by atoms with Crippen molar-refractivity contribution in [2.75, 3.05) is 5.43 Å². The molecular formula is C6H6N4O2. The van der Waals surface area contributed by atoms with Gasteiger partial charge in [-0.1, -0.05) is 0 Å². The highest BCUT2D eigenvalue weighted by atomic mass is 16.2. The Bertz CT molecular complexity index is 383. The summed E-state index contributed by atoms with van der Waals surface area (Å²) >= 11 is 0. The molecule has 2 N–H and O–H groups in total. The SMILES string of the molecule is O=C1Cn2c(nccc2=O)NN1. The molecule has 6 nitrogen and oxygen atoms in total. The first kappa shape index (κ1) is 6.84. The molecule has 0 radical (unpaired) electrons. The van der Waals surface area contributed by atoms with Gasteiger partial charge in [-0.25, -0.2) is 4.98 Å². The predicted molar refractivity (Wildman–Crippen MR) is 40.3 cm³/mol. The van der Waals surface area contributed by atoms with Crippen molar-refractivity contribution in [3.63, 3.8) is 0 Å². The van der Waals surface area contributed by atoms with E-state index in [4.69, 9.17) is 0 Å². The maximum atomic E-state index is 11.1. The summed E-state index contributed by atoms with van der Waals surface area (Å²) in [4.78, 5) is 25.8. The van der Waals surface area contributed by atoms with Crippen LogP contribution in [-0.2, 0) is 11.3 Å². The second-order valence-electron chi connectivity index (χ2n) is 2.37. The topological polar surface area (TPSA) is 76.0 Å². The molecule has 0 saturated heterocycles. The summed E-state index contributed by atoms with van der Waals surface area (Å²) in [6.45, 7) is 0.0228. The van der Waals surface area contributed by atoms with Crippen LogP contribution in [0.1, 0.15) is 0 Å². The van der Waals surface area contributed by atoms with Gasteiger partial charge in [0.25, 0.3) is 11.5 Å². The number of rotatable bonds is 0. The molecule has 2 rings (SSSR count). The van der Waals surface area contributed by atoms with E-state index >= 15 is 0 Å². The van der Waals surface area contributed by atoms with Crippen molar-refractivity contribution in [1.29, 1.82) is 0 Å². The Labute approximate surface area is 67.2 Å². The Balaban J connectivity index is 2.57. The third kappa shape index (κ3) is 0.931. The van der Waals surface area contributed by atoms with Crippen molar-refractivity contribution >= 4 is 11.9 Å². The lowest BCUT2D eigenvalue weighted by atomic mass is 10.5. The molecule has 0 fully saturated rings. The van der Waals surface area contributed by atoms with Gasteiger partial charge in [0.2, 0.25) is 5.95 Å². The number of hydrogen-bond acceptors (Lipinski definition) is 4. The number of amides is 1. The summed E-state index contributed by atoms with van der Waals surface area (Å²) in [5.74, 6) is 0.111. The van der Waals surface area contributed by atoms with E-state index in [1.165, 1.54) is 16.8 Å². The molecule has 12 heavy (non-hydrogen) atoms. The fourth-order valence-electron chi connectivity index (χ4n) is 0.997. The highest BCUT2D eigenvalue weighted by molar-refractivity contribution is 5.78. The molecule has 6 heteroatoms. The van der Waals surface area contributed by atoms with Crippen LogP contribution in [0.4, 0.5) is 5.95 Å². The average Bonchev–Trinajstić information content (AvgIpc) is 2.07. The summed E-state index contributed by atoms with van der Waals surface area (Å²) in [5.41, 5.74) is 4.63. The fraction of sp³-hybridized carbons (Fsp3) is 0.167. The van der Waals surface area contributed by atoms with E-state index in [2.05, 4.69) is 15.8 Å². The Morgan fingerprint density at radius 3 is 3.08 bits per heavy atom. The highest BCUT2D eigenvalue weighted by Gasteiger charge is 2.14. The summed E-state index contributed by atoms with van der Waals surface area (Å²) in [6, 6.07) is 1.31. The maximum Gasteiger partial charge on any atom is 0.258 e. The maximum absolute atomic E-state index is 11.1. The first-order valence-electron chi connectivity index (χ1n) is 3.38. The van der Waals surface area contributed by atoms with E-state index < -0.39 is 0 Å². The van der Waals surface area contributed by atoms with Gasteiger partial charge in [0, 0.05) is 12.3 Å². The minimum atomic E-state index is -0.252. The first-order valence-corrected chi connectivity index (χ1v) is 3.38.